The standard InChI is InChI=1S/C19H26N6O3/c1-24(2)9-14-10-25(23-22-14)16-12-28-17-15(11-27-18(16)17)21-19(26)20-8-13-6-4-3-5-7-13/h3-7,10,15-18H,8-9,11-12H2,1-2H3,(H2,20,21,26)/t15-,16+,17-,18+/m0/s1. The Balaban J connectivity index is 1.31. The van der Waals surface area contributed by atoms with Crippen molar-refractivity contribution in [3.63, 3.8) is 0 Å². The highest BCUT2D eigenvalue weighted by molar-refractivity contribution is 5.74. The number of nitrogens with zero attached hydrogens (tertiary/aromatic N) is 4. The lowest BCUT2D eigenvalue weighted by Gasteiger charge is -2.18. The van der Waals surface area contributed by atoms with Gasteiger partial charge in [0.15, 0.2) is 0 Å². The fourth-order valence-corrected chi connectivity index (χ4v) is 3.70. The Hall–Kier alpha value is -2.49. The summed E-state index contributed by atoms with van der Waals surface area (Å²) in [4.78, 5) is 14.3. The zero-order valence-electron chi connectivity index (χ0n) is 16.1. The molecule has 2 saturated heterocycles. The van der Waals surface area contributed by atoms with Gasteiger partial charge in [0, 0.05) is 13.1 Å². The van der Waals surface area contributed by atoms with Crippen LogP contribution in [0.2, 0.25) is 0 Å². The molecular formula is C19H26N6O3. The molecule has 0 spiro atoms. The number of hydrogen-bond donors (Lipinski definition) is 2. The highest BCUT2D eigenvalue weighted by atomic mass is 16.6. The van der Waals surface area contributed by atoms with E-state index in [0.29, 0.717) is 19.8 Å². The highest BCUT2D eigenvalue weighted by Crippen LogP contribution is 2.33. The Labute approximate surface area is 164 Å². The predicted molar refractivity (Wildman–Crippen MR) is 102 cm³/mol. The molecule has 0 saturated carbocycles. The molecule has 2 amide bonds. The Bertz CT molecular complexity index is 796. The molecular weight excluding hydrogens is 360 g/mol. The van der Waals surface area contributed by atoms with Crippen LogP contribution in [0.25, 0.3) is 0 Å². The van der Waals surface area contributed by atoms with E-state index >= 15 is 0 Å². The van der Waals surface area contributed by atoms with Crippen molar-refractivity contribution in [1.29, 1.82) is 0 Å². The van der Waals surface area contributed by atoms with Crippen LogP contribution in [-0.4, -0.2) is 71.5 Å². The zero-order chi connectivity index (χ0) is 19.5. The van der Waals surface area contributed by atoms with E-state index in [2.05, 4.69) is 20.9 Å². The minimum absolute atomic E-state index is 0.0346. The fourth-order valence-electron chi connectivity index (χ4n) is 3.70. The van der Waals surface area contributed by atoms with E-state index in [1.807, 2.05) is 60.2 Å². The molecule has 1 aromatic heterocycles. The van der Waals surface area contributed by atoms with Gasteiger partial charge in [0.1, 0.15) is 18.2 Å². The lowest BCUT2D eigenvalue weighted by Crippen LogP contribution is -2.48. The van der Waals surface area contributed by atoms with Gasteiger partial charge < -0.3 is 25.0 Å². The molecule has 4 rings (SSSR count). The third-order valence-electron chi connectivity index (χ3n) is 5.02. The van der Waals surface area contributed by atoms with Gasteiger partial charge in [-0.05, 0) is 19.7 Å². The second kappa shape index (κ2) is 8.26. The molecule has 4 atom stereocenters. The lowest BCUT2D eigenvalue weighted by molar-refractivity contribution is 0.0622. The molecule has 9 heteroatoms. The summed E-state index contributed by atoms with van der Waals surface area (Å²) in [6.45, 7) is 2.12. The fraction of sp³-hybridized carbons (Fsp3) is 0.526. The first-order valence-corrected chi connectivity index (χ1v) is 9.47. The van der Waals surface area contributed by atoms with Crippen molar-refractivity contribution in [3.8, 4) is 0 Å². The topological polar surface area (TPSA) is 93.5 Å². The van der Waals surface area contributed by atoms with Gasteiger partial charge in [0.25, 0.3) is 0 Å². The summed E-state index contributed by atoms with van der Waals surface area (Å²) >= 11 is 0. The van der Waals surface area contributed by atoms with Gasteiger partial charge in [-0.1, -0.05) is 35.5 Å². The summed E-state index contributed by atoms with van der Waals surface area (Å²) in [5.41, 5.74) is 1.96. The minimum atomic E-state index is -0.223. The summed E-state index contributed by atoms with van der Waals surface area (Å²) < 4.78 is 13.7. The monoisotopic (exact) mass is 386 g/mol. The molecule has 2 fully saturated rings. The van der Waals surface area contributed by atoms with Gasteiger partial charge in [-0.3, -0.25) is 0 Å². The first-order valence-electron chi connectivity index (χ1n) is 9.47. The van der Waals surface area contributed by atoms with Crippen LogP contribution in [0.4, 0.5) is 4.79 Å². The molecule has 9 nitrogen and oxygen atoms in total. The Kier molecular flexibility index (Phi) is 5.56. The summed E-state index contributed by atoms with van der Waals surface area (Å²) in [7, 11) is 3.99. The van der Waals surface area contributed by atoms with Crippen LogP contribution in [-0.2, 0) is 22.6 Å². The summed E-state index contributed by atoms with van der Waals surface area (Å²) in [5.74, 6) is 0. The number of fused-ring (bicyclic) bond motifs is 1. The minimum Gasteiger partial charge on any atom is -0.371 e. The molecule has 2 N–H and O–H groups in total. The second-order valence-corrected chi connectivity index (χ2v) is 7.51. The van der Waals surface area contributed by atoms with E-state index in [4.69, 9.17) is 9.47 Å². The van der Waals surface area contributed by atoms with Crippen LogP contribution >= 0.6 is 0 Å². The molecule has 0 radical (unpaired) electrons. The maximum Gasteiger partial charge on any atom is 0.315 e. The van der Waals surface area contributed by atoms with Crippen LogP contribution < -0.4 is 10.6 Å². The number of carbonyl (C=O) groups excluding carboxylic acids is 1. The van der Waals surface area contributed by atoms with E-state index in [-0.39, 0.29) is 30.3 Å². The first kappa shape index (κ1) is 18.9. The van der Waals surface area contributed by atoms with Gasteiger partial charge in [0.05, 0.1) is 31.1 Å². The van der Waals surface area contributed by atoms with Crippen molar-refractivity contribution in [3.05, 3.63) is 47.8 Å². The highest BCUT2D eigenvalue weighted by Gasteiger charge is 2.49. The van der Waals surface area contributed by atoms with Crippen molar-refractivity contribution in [2.75, 3.05) is 27.3 Å². The normalized spacial score (nSPS) is 26.4. The van der Waals surface area contributed by atoms with Crippen LogP contribution in [0.1, 0.15) is 17.3 Å². The van der Waals surface area contributed by atoms with E-state index in [1.165, 1.54) is 0 Å². The second-order valence-electron chi connectivity index (χ2n) is 7.51. The van der Waals surface area contributed by atoms with Gasteiger partial charge in [0.2, 0.25) is 0 Å². The zero-order valence-corrected chi connectivity index (χ0v) is 16.1. The molecule has 2 aliphatic rings. The number of rotatable bonds is 6. The summed E-state index contributed by atoms with van der Waals surface area (Å²) in [6, 6.07) is 9.36. The molecule has 28 heavy (non-hydrogen) atoms. The molecule has 1 aromatic carbocycles. The van der Waals surface area contributed by atoms with Crippen molar-refractivity contribution in [2.24, 2.45) is 0 Å². The largest absolute Gasteiger partial charge is 0.371 e. The number of benzene rings is 1. The average molecular weight is 386 g/mol. The van der Waals surface area contributed by atoms with Crippen molar-refractivity contribution in [2.45, 2.75) is 37.4 Å². The van der Waals surface area contributed by atoms with Crippen molar-refractivity contribution < 1.29 is 14.3 Å². The maximum absolute atomic E-state index is 12.3. The van der Waals surface area contributed by atoms with Gasteiger partial charge in [-0.2, -0.15) is 0 Å². The maximum atomic E-state index is 12.3. The van der Waals surface area contributed by atoms with Crippen LogP contribution in [0.5, 0.6) is 0 Å². The van der Waals surface area contributed by atoms with E-state index in [1.54, 1.807) is 0 Å². The van der Waals surface area contributed by atoms with Crippen LogP contribution in [0, 0.1) is 0 Å². The Morgan fingerprint density at radius 2 is 2.00 bits per heavy atom. The first-order chi connectivity index (χ1) is 13.6. The molecule has 3 heterocycles. The Morgan fingerprint density at radius 1 is 1.21 bits per heavy atom. The number of hydrogen-bond acceptors (Lipinski definition) is 6. The SMILES string of the molecule is CN(C)Cc1cn([C@@H]2CO[C@@H]3[C@@H]2OC[C@@H]3NC(=O)NCc2ccccc2)nn1. The number of aromatic nitrogens is 3. The van der Waals surface area contributed by atoms with E-state index < -0.39 is 0 Å². The number of carbonyl (C=O) groups is 1. The predicted octanol–water partition coefficient (Wildman–Crippen LogP) is 0.546. The number of ether oxygens (including phenoxy) is 2. The lowest BCUT2D eigenvalue weighted by atomic mass is 10.1. The third kappa shape index (κ3) is 4.16. The van der Waals surface area contributed by atoms with E-state index in [0.717, 1.165) is 17.8 Å². The Morgan fingerprint density at radius 3 is 2.79 bits per heavy atom. The van der Waals surface area contributed by atoms with Gasteiger partial charge in [-0.15, -0.1) is 5.10 Å². The molecule has 0 bridgehead atoms. The van der Waals surface area contributed by atoms with Crippen LogP contribution in [0.15, 0.2) is 36.5 Å². The molecule has 0 unspecified atom stereocenters. The number of urea groups is 1. The van der Waals surface area contributed by atoms with Gasteiger partial charge in [-0.25, -0.2) is 9.48 Å². The van der Waals surface area contributed by atoms with E-state index in [9.17, 15) is 4.79 Å². The van der Waals surface area contributed by atoms with Gasteiger partial charge >= 0.3 is 6.03 Å². The van der Waals surface area contributed by atoms with Crippen molar-refractivity contribution in [1.82, 2.24) is 30.5 Å². The number of nitrogens with one attached hydrogen (secondary N) is 2. The summed E-state index contributed by atoms with van der Waals surface area (Å²) in [6.07, 6.45) is 1.61. The molecule has 0 aliphatic carbocycles. The average Bonchev–Trinajstić information content (AvgIpc) is 3.38. The smallest absolute Gasteiger partial charge is 0.315 e. The molecule has 2 aromatic rings. The summed E-state index contributed by atoms with van der Waals surface area (Å²) in [5, 5.41) is 14.3. The van der Waals surface area contributed by atoms with Crippen LogP contribution in [0.3, 0.4) is 0 Å². The molecule has 2 aliphatic heterocycles. The molecule has 150 valence electrons. The number of amides is 2. The third-order valence-corrected chi connectivity index (χ3v) is 5.02. The van der Waals surface area contributed by atoms with Crippen molar-refractivity contribution >= 4 is 6.03 Å². The quantitative estimate of drug-likeness (QED) is 0.753.